The molecule has 548 valence electrons. The molecule has 8 nitrogen and oxygen atoms in total. The molecule has 0 bridgehead atoms. The fourth-order valence-electron chi connectivity index (χ4n) is 12.7. The lowest BCUT2D eigenvalue weighted by molar-refractivity contribution is -0.870. The van der Waals surface area contributed by atoms with Crippen molar-refractivity contribution in [3.8, 4) is 0 Å². The smallest absolute Gasteiger partial charge is 0.391 e. The van der Waals surface area contributed by atoms with Gasteiger partial charge >= 0.3 is 7.82 Å². The predicted octanol–water partition coefficient (Wildman–Crippen LogP) is 27.1. The van der Waals surface area contributed by atoms with Crippen LogP contribution in [0.5, 0.6) is 0 Å². The molecular formula is C84H162N2O6P+. The molecule has 0 heterocycles. The van der Waals surface area contributed by atoms with Gasteiger partial charge in [-0.3, -0.25) is 13.8 Å². The van der Waals surface area contributed by atoms with Crippen LogP contribution in [-0.2, 0) is 18.4 Å². The Morgan fingerprint density at radius 1 is 0.376 bits per heavy atom. The first-order valence-electron chi connectivity index (χ1n) is 41.2. The van der Waals surface area contributed by atoms with E-state index in [0.717, 1.165) is 70.6 Å². The zero-order valence-electron chi connectivity index (χ0n) is 63.0. The summed E-state index contributed by atoms with van der Waals surface area (Å²) < 4.78 is 24.0. The zero-order valence-corrected chi connectivity index (χ0v) is 63.9. The molecular weight excluding hydrogens is 1160 g/mol. The van der Waals surface area contributed by atoms with Crippen molar-refractivity contribution in [3.63, 3.8) is 0 Å². The minimum Gasteiger partial charge on any atom is -0.391 e. The number of amides is 1. The van der Waals surface area contributed by atoms with Crippen molar-refractivity contribution < 1.29 is 32.9 Å². The van der Waals surface area contributed by atoms with Crippen LogP contribution in [0.3, 0.4) is 0 Å². The van der Waals surface area contributed by atoms with E-state index in [2.05, 4.69) is 79.9 Å². The first kappa shape index (κ1) is 91.2. The highest BCUT2D eigenvalue weighted by Crippen LogP contribution is 2.43. The number of phosphoric ester groups is 1. The molecule has 0 aromatic heterocycles. The van der Waals surface area contributed by atoms with Crippen molar-refractivity contribution in [1.82, 2.24) is 5.32 Å². The van der Waals surface area contributed by atoms with E-state index in [1.165, 1.54) is 321 Å². The summed E-state index contributed by atoms with van der Waals surface area (Å²) >= 11 is 0. The van der Waals surface area contributed by atoms with Gasteiger partial charge in [0.25, 0.3) is 0 Å². The first-order valence-corrected chi connectivity index (χ1v) is 42.6. The van der Waals surface area contributed by atoms with Crippen molar-refractivity contribution in [3.05, 3.63) is 60.8 Å². The minimum absolute atomic E-state index is 0.0766. The van der Waals surface area contributed by atoms with Crippen molar-refractivity contribution in [2.24, 2.45) is 0 Å². The van der Waals surface area contributed by atoms with E-state index >= 15 is 0 Å². The summed E-state index contributed by atoms with van der Waals surface area (Å²) in [6, 6.07) is -0.762. The number of carbonyl (C=O) groups is 1. The van der Waals surface area contributed by atoms with Gasteiger partial charge in [-0.1, -0.05) is 415 Å². The second-order valence-electron chi connectivity index (χ2n) is 29.5. The van der Waals surface area contributed by atoms with Gasteiger partial charge in [-0.25, -0.2) is 4.57 Å². The van der Waals surface area contributed by atoms with Crippen LogP contribution < -0.4 is 5.32 Å². The molecule has 0 aliphatic rings. The number of allylic oxidation sites excluding steroid dienone is 10. The molecule has 3 atom stereocenters. The number of nitrogens with zero attached hydrogens (tertiary/aromatic N) is 1. The predicted molar refractivity (Wildman–Crippen MR) is 410 cm³/mol. The summed E-state index contributed by atoms with van der Waals surface area (Å²) in [5, 5.41) is 14.2. The fraction of sp³-hybridized carbons (Fsp3) is 0.869. The van der Waals surface area contributed by atoms with E-state index in [-0.39, 0.29) is 19.1 Å². The highest BCUT2D eigenvalue weighted by atomic mass is 31.2. The number of rotatable bonds is 77. The standard InChI is InChI=1S/C84H161N2O6P/c1-6-8-10-12-14-16-18-20-22-24-26-28-30-32-34-36-38-40-41-42-43-44-45-46-48-50-52-54-56-58-60-62-64-66-68-70-72-74-76-78-84(88)85-82(81-92-93(89,90)91-80-79-86(3,4)5)83(87)77-75-73-71-69-67-65-63-61-59-57-55-53-51-49-47-39-37-35-33-31-29-27-25-23-21-19-17-15-13-11-9-7-2/h8,10,14,16,20,22,26,28,32,34,82-83,87H,6-7,9,11-13,15,17-19,21,23-25,27,29-31,33,35-81H2,1-5H3,(H-,85,88,89,90)/p+1/b10-8-,16-14-,22-20-,28-26-,34-32-. The van der Waals surface area contributed by atoms with Gasteiger partial charge in [0.15, 0.2) is 0 Å². The lowest BCUT2D eigenvalue weighted by Crippen LogP contribution is -2.46. The topological polar surface area (TPSA) is 105 Å². The molecule has 93 heavy (non-hydrogen) atoms. The third kappa shape index (κ3) is 77.4. The van der Waals surface area contributed by atoms with E-state index in [9.17, 15) is 19.4 Å². The van der Waals surface area contributed by atoms with Crippen LogP contribution in [-0.4, -0.2) is 73.4 Å². The van der Waals surface area contributed by atoms with Gasteiger partial charge < -0.3 is 19.8 Å². The molecule has 0 aromatic carbocycles. The molecule has 1 amide bonds. The summed E-state index contributed by atoms with van der Waals surface area (Å²) in [6.45, 7) is 4.84. The minimum atomic E-state index is -4.33. The van der Waals surface area contributed by atoms with Crippen molar-refractivity contribution >= 4 is 13.7 Å². The SMILES string of the molecule is CC/C=C\C/C=C\C/C=C\C/C=C\C/C=C\CCCCCCCCCCCCCCCCCCCCCCCCCC(=O)NC(COP(=O)(O)OCC[N+](C)(C)C)C(O)CCCCCCCCCCCCCCCCCCCCCCCCCCCCCCCCCC. The maximum atomic E-state index is 13.1. The second kappa shape index (κ2) is 74.4. The zero-order chi connectivity index (χ0) is 67.6. The normalized spacial score (nSPS) is 13.8. The molecule has 0 rings (SSSR count). The number of aliphatic hydroxyl groups excluding tert-OH is 1. The Morgan fingerprint density at radius 3 is 0.946 bits per heavy atom. The van der Waals surface area contributed by atoms with Crippen molar-refractivity contribution in [1.29, 1.82) is 0 Å². The van der Waals surface area contributed by atoms with Gasteiger partial charge in [-0.2, -0.15) is 0 Å². The Balaban J connectivity index is 3.90. The quantitative estimate of drug-likeness (QED) is 0.0243. The van der Waals surface area contributed by atoms with E-state index in [1.807, 2.05) is 21.1 Å². The van der Waals surface area contributed by atoms with Gasteiger partial charge in [0.1, 0.15) is 13.2 Å². The Hall–Kier alpha value is -1.80. The highest BCUT2D eigenvalue weighted by Gasteiger charge is 2.28. The maximum absolute atomic E-state index is 13.1. The van der Waals surface area contributed by atoms with Gasteiger partial charge in [0, 0.05) is 6.42 Å². The Bertz CT molecular complexity index is 1710. The van der Waals surface area contributed by atoms with Gasteiger partial charge in [-0.05, 0) is 57.8 Å². The summed E-state index contributed by atoms with van der Waals surface area (Å²) in [5.41, 5.74) is 0. The van der Waals surface area contributed by atoms with Crippen LogP contribution in [0.25, 0.3) is 0 Å². The molecule has 9 heteroatoms. The highest BCUT2D eigenvalue weighted by molar-refractivity contribution is 7.47. The summed E-state index contributed by atoms with van der Waals surface area (Å²) in [4.78, 5) is 23.6. The van der Waals surface area contributed by atoms with Crippen LogP contribution in [0, 0.1) is 0 Å². The van der Waals surface area contributed by atoms with E-state index < -0.39 is 20.0 Å². The van der Waals surface area contributed by atoms with Crippen molar-refractivity contribution in [2.75, 3.05) is 40.9 Å². The third-order valence-electron chi connectivity index (χ3n) is 19.0. The number of likely N-dealkylation sites (N-methyl/N-ethyl adjacent to an activating group) is 1. The van der Waals surface area contributed by atoms with Gasteiger partial charge in [0.05, 0.1) is 39.9 Å². The fourth-order valence-corrected chi connectivity index (χ4v) is 13.5. The first-order chi connectivity index (χ1) is 45.5. The summed E-state index contributed by atoms with van der Waals surface area (Å²) in [5.74, 6) is -0.135. The average molecular weight is 1330 g/mol. The number of phosphoric acid groups is 1. The number of unbranched alkanes of at least 4 members (excludes halogenated alkanes) is 54. The number of quaternary nitrogens is 1. The Kier molecular flexibility index (Phi) is 73.0. The molecule has 3 N–H and O–H groups in total. The summed E-state index contributed by atoms with van der Waals surface area (Å²) in [6.07, 6.45) is 104. The molecule has 0 aliphatic heterocycles. The number of hydrogen-bond acceptors (Lipinski definition) is 5. The molecule has 0 spiro atoms. The molecule has 0 aromatic rings. The number of nitrogens with one attached hydrogen (secondary N) is 1. The van der Waals surface area contributed by atoms with Gasteiger partial charge in [0.2, 0.25) is 5.91 Å². The van der Waals surface area contributed by atoms with Crippen LogP contribution >= 0.6 is 7.82 Å². The number of hydrogen-bond donors (Lipinski definition) is 3. The van der Waals surface area contributed by atoms with Crippen LogP contribution in [0.1, 0.15) is 418 Å². The van der Waals surface area contributed by atoms with Crippen LogP contribution in [0.2, 0.25) is 0 Å². The summed E-state index contributed by atoms with van der Waals surface area (Å²) in [7, 11) is 1.64. The van der Waals surface area contributed by atoms with Crippen LogP contribution in [0.4, 0.5) is 0 Å². The molecule has 3 unspecified atom stereocenters. The number of aliphatic hydroxyl groups is 1. The van der Waals surface area contributed by atoms with Crippen LogP contribution in [0.15, 0.2) is 60.8 Å². The molecule has 0 aliphatic carbocycles. The maximum Gasteiger partial charge on any atom is 0.472 e. The lowest BCUT2D eigenvalue weighted by atomic mass is 10.0. The second-order valence-corrected chi connectivity index (χ2v) is 30.9. The van der Waals surface area contributed by atoms with E-state index in [1.54, 1.807) is 0 Å². The Morgan fingerprint density at radius 2 is 0.645 bits per heavy atom. The largest absolute Gasteiger partial charge is 0.472 e. The monoisotopic (exact) mass is 1330 g/mol. The van der Waals surface area contributed by atoms with Crippen molar-refractivity contribution in [2.45, 2.75) is 431 Å². The lowest BCUT2D eigenvalue weighted by Gasteiger charge is -2.26. The molecule has 0 saturated carbocycles. The van der Waals surface area contributed by atoms with E-state index in [0.29, 0.717) is 23.9 Å². The third-order valence-corrected chi connectivity index (χ3v) is 20.0. The van der Waals surface area contributed by atoms with Gasteiger partial charge in [-0.15, -0.1) is 0 Å². The average Bonchev–Trinajstić information content (AvgIpc) is 1.94. The molecule has 0 saturated heterocycles. The molecule has 0 fully saturated rings. The van der Waals surface area contributed by atoms with E-state index in [4.69, 9.17) is 9.05 Å². The Labute approximate surface area is 581 Å². The molecule has 0 radical (unpaired) electrons. The number of carbonyl (C=O) groups excluding carboxylic acids is 1.